The first kappa shape index (κ1) is 13.6. The number of benzene rings is 1. The van der Waals surface area contributed by atoms with Crippen molar-refractivity contribution in [3.05, 3.63) is 35.4 Å². The molecule has 0 bridgehead atoms. The lowest BCUT2D eigenvalue weighted by molar-refractivity contribution is 0.137. The summed E-state index contributed by atoms with van der Waals surface area (Å²) in [6.45, 7) is 7.77. The summed E-state index contributed by atoms with van der Waals surface area (Å²) in [4.78, 5) is 0. The second-order valence-corrected chi connectivity index (χ2v) is 6.01. The van der Waals surface area contributed by atoms with Crippen LogP contribution in [0.4, 0.5) is 0 Å². The van der Waals surface area contributed by atoms with Crippen molar-refractivity contribution < 1.29 is 5.11 Å². The summed E-state index contributed by atoms with van der Waals surface area (Å²) in [6, 6.07) is 8.72. The Morgan fingerprint density at radius 1 is 1.33 bits per heavy atom. The Balaban J connectivity index is 2.12. The van der Waals surface area contributed by atoms with Crippen LogP contribution in [0.1, 0.15) is 57.3 Å². The first-order valence-corrected chi connectivity index (χ1v) is 7.06. The highest BCUT2D eigenvalue weighted by atomic mass is 16.3. The standard InChI is InChI=1S/C16H25NO/c1-4-16(2,3)13-9-7-12(8-10-13)15(18)14-6-5-11-17-14/h7-10,14-15,17-18H,4-6,11H2,1-3H3. The minimum Gasteiger partial charge on any atom is -0.387 e. The summed E-state index contributed by atoms with van der Waals surface area (Å²) < 4.78 is 0. The van der Waals surface area contributed by atoms with Crippen LogP contribution in [0, 0.1) is 0 Å². The van der Waals surface area contributed by atoms with Crippen molar-refractivity contribution >= 4 is 0 Å². The van der Waals surface area contributed by atoms with Crippen molar-refractivity contribution in [3.8, 4) is 0 Å². The van der Waals surface area contributed by atoms with Gasteiger partial charge in [-0.3, -0.25) is 0 Å². The zero-order valence-electron chi connectivity index (χ0n) is 11.7. The van der Waals surface area contributed by atoms with E-state index in [1.165, 1.54) is 12.0 Å². The van der Waals surface area contributed by atoms with Gasteiger partial charge < -0.3 is 10.4 Å². The number of hydrogen-bond acceptors (Lipinski definition) is 2. The first-order chi connectivity index (χ1) is 8.54. The normalized spacial score (nSPS) is 22.1. The van der Waals surface area contributed by atoms with Crippen LogP contribution in [0.15, 0.2) is 24.3 Å². The fourth-order valence-electron chi connectivity index (χ4n) is 2.55. The maximum Gasteiger partial charge on any atom is 0.0942 e. The Kier molecular flexibility index (Phi) is 4.08. The summed E-state index contributed by atoms with van der Waals surface area (Å²) in [5.41, 5.74) is 2.60. The molecule has 100 valence electrons. The molecule has 2 nitrogen and oxygen atoms in total. The quantitative estimate of drug-likeness (QED) is 0.856. The lowest BCUT2D eigenvalue weighted by Gasteiger charge is -2.24. The van der Waals surface area contributed by atoms with E-state index < -0.39 is 0 Å². The Hall–Kier alpha value is -0.860. The van der Waals surface area contributed by atoms with Gasteiger partial charge in [-0.05, 0) is 42.3 Å². The highest BCUT2D eigenvalue weighted by Crippen LogP contribution is 2.29. The summed E-state index contributed by atoms with van der Waals surface area (Å²) in [6.07, 6.45) is 3.00. The lowest BCUT2D eigenvalue weighted by Crippen LogP contribution is -2.28. The van der Waals surface area contributed by atoms with Crippen molar-refractivity contribution in [3.63, 3.8) is 0 Å². The molecular formula is C16H25NO. The van der Waals surface area contributed by atoms with Gasteiger partial charge in [-0.1, -0.05) is 45.0 Å². The average Bonchev–Trinajstić information content (AvgIpc) is 2.92. The van der Waals surface area contributed by atoms with Crippen molar-refractivity contribution in [2.75, 3.05) is 6.54 Å². The van der Waals surface area contributed by atoms with Crippen LogP contribution in [0.5, 0.6) is 0 Å². The first-order valence-electron chi connectivity index (χ1n) is 7.06. The third kappa shape index (κ3) is 2.76. The molecule has 1 aromatic carbocycles. The Morgan fingerprint density at radius 2 is 2.00 bits per heavy atom. The second-order valence-electron chi connectivity index (χ2n) is 6.01. The SMILES string of the molecule is CCC(C)(C)c1ccc(C(O)C2CCCN2)cc1. The van der Waals surface area contributed by atoms with Crippen LogP contribution < -0.4 is 5.32 Å². The summed E-state index contributed by atoms with van der Waals surface area (Å²) in [5, 5.41) is 13.7. The Bertz CT molecular complexity index is 377. The van der Waals surface area contributed by atoms with E-state index in [9.17, 15) is 5.11 Å². The molecule has 1 aliphatic heterocycles. The topological polar surface area (TPSA) is 32.3 Å². The van der Waals surface area contributed by atoms with Crippen LogP contribution >= 0.6 is 0 Å². The molecule has 1 aliphatic rings. The molecule has 0 radical (unpaired) electrons. The predicted octanol–water partition coefficient (Wildman–Crippen LogP) is 3.16. The van der Waals surface area contributed by atoms with Gasteiger partial charge in [0.2, 0.25) is 0 Å². The summed E-state index contributed by atoms with van der Waals surface area (Å²) >= 11 is 0. The maximum atomic E-state index is 10.3. The highest BCUT2D eigenvalue weighted by Gasteiger charge is 2.24. The molecule has 0 aromatic heterocycles. The molecule has 2 atom stereocenters. The molecule has 0 amide bonds. The van der Waals surface area contributed by atoms with Gasteiger partial charge in [0.15, 0.2) is 0 Å². The summed E-state index contributed by atoms with van der Waals surface area (Å²) in [7, 11) is 0. The van der Waals surface area contributed by atoms with Crippen LogP contribution in [0.3, 0.4) is 0 Å². The summed E-state index contributed by atoms with van der Waals surface area (Å²) in [5.74, 6) is 0. The van der Waals surface area contributed by atoms with E-state index >= 15 is 0 Å². The van der Waals surface area contributed by atoms with Crippen molar-refractivity contribution in [2.45, 2.75) is 57.6 Å². The highest BCUT2D eigenvalue weighted by molar-refractivity contribution is 5.29. The molecule has 0 spiro atoms. The monoisotopic (exact) mass is 247 g/mol. The molecule has 1 heterocycles. The Morgan fingerprint density at radius 3 is 2.50 bits per heavy atom. The molecule has 2 N–H and O–H groups in total. The third-order valence-electron chi connectivity index (χ3n) is 4.40. The smallest absolute Gasteiger partial charge is 0.0942 e. The average molecular weight is 247 g/mol. The minimum absolute atomic E-state index is 0.217. The molecule has 18 heavy (non-hydrogen) atoms. The lowest BCUT2D eigenvalue weighted by atomic mass is 9.81. The zero-order chi connectivity index (χ0) is 13.2. The van der Waals surface area contributed by atoms with Gasteiger partial charge in [-0.2, -0.15) is 0 Å². The fourth-order valence-corrected chi connectivity index (χ4v) is 2.55. The number of nitrogens with one attached hydrogen (secondary N) is 1. The molecule has 1 fully saturated rings. The van der Waals surface area contributed by atoms with E-state index in [0.29, 0.717) is 0 Å². The fraction of sp³-hybridized carbons (Fsp3) is 0.625. The van der Waals surface area contributed by atoms with Crippen LogP contribution in [-0.2, 0) is 5.41 Å². The van der Waals surface area contributed by atoms with Gasteiger partial charge in [0.05, 0.1) is 6.10 Å². The van der Waals surface area contributed by atoms with Crippen LogP contribution in [0.25, 0.3) is 0 Å². The van der Waals surface area contributed by atoms with Gasteiger partial charge in [-0.15, -0.1) is 0 Å². The van der Waals surface area contributed by atoms with Crippen molar-refractivity contribution in [1.29, 1.82) is 0 Å². The van der Waals surface area contributed by atoms with E-state index in [-0.39, 0.29) is 17.6 Å². The van der Waals surface area contributed by atoms with Crippen molar-refractivity contribution in [2.24, 2.45) is 0 Å². The number of aliphatic hydroxyl groups excluding tert-OH is 1. The number of hydrogen-bond donors (Lipinski definition) is 2. The predicted molar refractivity (Wildman–Crippen MR) is 75.7 cm³/mol. The molecule has 2 heteroatoms. The van der Waals surface area contributed by atoms with Gasteiger partial charge >= 0.3 is 0 Å². The zero-order valence-corrected chi connectivity index (χ0v) is 11.7. The van der Waals surface area contributed by atoms with E-state index in [0.717, 1.165) is 24.9 Å². The molecule has 1 saturated heterocycles. The molecule has 2 unspecified atom stereocenters. The van der Waals surface area contributed by atoms with E-state index in [1.54, 1.807) is 0 Å². The molecule has 0 saturated carbocycles. The van der Waals surface area contributed by atoms with E-state index in [2.05, 4.69) is 50.4 Å². The molecule has 0 aliphatic carbocycles. The number of aliphatic hydroxyl groups is 1. The molecule has 2 rings (SSSR count). The largest absolute Gasteiger partial charge is 0.387 e. The molecule has 1 aromatic rings. The van der Waals surface area contributed by atoms with Crippen LogP contribution in [-0.4, -0.2) is 17.7 Å². The van der Waals surface area contributed by atoms with Gasteiger partial charge in [0, 0.05) is 6.04 Å². The van der Waals surface area contributed by atoms with Gasteiger partial charge in [0.1, 0.15) is 0 Å². The second kappa shape index (κ2) is 5.41. The maximum absolute atomic E-state index is 10.3. The third-order valence-corrected chi connectivity index (χ3v) is 4.40. The van der Waals surface area contributed by atoms with Crippen molar-refractivity contribution in [1.82, 2.24) is 5.32 Å². The van der Waals surface area contributed by atoms with E-state index in [4.69, 9.17) is 0 Å². The Labute approximate surface area is 110 Å². The minimum atomic E-state index is -0.369. The van der Waals surface area contributed by atoms with Gasteiger partial charge in [0.25, 0.3) is 0 Å². The van der Waals surface area contributed by atoms with E-state index in [1.807, 2.05) is 0 Å². The van der Waals surface area contributed by atoms with Gasteiger partial charge in [-0.25, -0.2) is 0 Å². The molecular weight excluding hydrogens is 222 g/mol. The van der Waals surface area contributed by atoms with Crippen LogP contribution in [0.2, 0.25) is 0 Å². The number of rotatable bonds is 4.